The average Bonchev–Trinajstić information content (AvgIpc) is 3.23. The SMILES string of the molecule is CCN=c1scc(CN2CCN(C(=O)CCS(=O)(=O)c3ccc4cc(Cl)ccc4c3)CC2)n1CC.Cl. The quantitative estimate of drug-likeness (QED) is 0.406. The van der Waals surface area contributed by atoms with Crippen molar-refractivity contribution in [1.29, 1.82) is 0 Å². The minimum Gasteiger partial charge on any atom is -0.340 e. The van der Waals surface area contributed by atoms with Gasteiger partial charge in [0.2, 0.25) is 5.91 Å². The molecule has 0 radical (unpaired) electrons. The molecule has 0 N–H and O–H groups in total. The zero-order chi connectivity index (χ0) is 25.0. The zero-order valence-corrected chi connectivity index (χ0v) is 23.7. The van der Waals surface area contributed by atoms with Crippen molar-refractivity contribution in [2.45, 2.75) is 38.3 Å². The Kier molecular flexibility index (Phi) is 10.00. The first kappa shape index (κ1) is 28.7. The van der Waals surface area contributed by atoms with Crippen LogP contribution in [0.15, 0.2) is 51.7 Å². The second-order valence-electron chi connectivity index (χ2n) is 8.61. The molecule has 1 aromatic heterocycles. The standard InChI is InChI=1S/C25H31ClN4O3S2.ClH/c1-3-27-25-30(4-2)22(18-34-25)17-28-10-12-29(13-11-28)24(31)9-14-35(32,33)23-8-6-19-15-21(26)7-5-20(19)16-23;/h5-8,15-16,18H,3-4,9-14,17H2,1-2H3;1H. The molecular weight excluding hydrogens is 539 g/mol. The highest BCUT2D eigenvalue weighted by atomic mass is 35.5. The first-order chi connectivity index (χ1) is 16.8. The second-order valence-corrected chi connectivity index (χ2v) is 12.0. The maximum absolute atomic E-state index is 12.9. The highest BCUT2D eigenvalue weighted by Gasteiger charge is 2.24. The Bertz CT molecular complexity index is 1380. The van der Waals surface area contributed by atoms with Crippen LogP contribution in [0.5, 0.6) is 0 Å². The zero-order valence-electron chi connectivity index (χ0n) is 20.5. The first-order valence-electron chi connectivity index (χ1n) is 11.9. The predicted molar refractivity (Wildman–Crippen MR) is 149 cm³/mol. The van der Waals surface area contributed by atoms with Gasteiger partial charge in [0.1, 0.15) is 0 Å². The van der Waals surface area contributed by atoms with Crippen molar-refractivity contribution in [3.63, 3.8) is 0 Å². The van der Waals surface area contributed by atoms with Crippen molar-refractivity contribution in [2.75, 3.05) is 38.5 Å². The normalized spacial score (nSPS) is 15.3. The number of benzene rings is 2. The monoisotopic (exact) mass is 570 g/mol. The van der Waals surface area contributed by atoms with Crippen LogP contribution < -0.4 is 4.80 Å². The molecule has 36 heavy (non-hydrogen) atoms. The van der Waals surface area contributed by atoms with Crippen LogP contribution in [0, 0.1) is 0 Å². The molecule has 196 valence electrons. The molecule has 3 aromatic rings. The van der Waals surface area contributed by atoms with Gasteiger partial charge in [-0.1, -0.05) is 23.7 Å². The Hall–Kier alpha value is -1.91. The van der Waals surface area contributed by atoms with Crippen LogP contribution in [-0.4, -0.2) is 67.2 Å². The van der Waals surface area contributed by atoms with Gasteiger partial charge < -0.3 is 9.47 Å². The van der Waals surface area contributed by atoms with Gasteiger partial charge in [-0.05, 0) is 48.9 Å². The van der Waals surface area contributed by atoms with Gasteiger partial charge in [0.25, 0.3) is 0 Å². The number of rotatable bonds is 8. The van der Waals surface area contributed by atoms with Crippen molar-refractivity contribution < 1.29 is 13.2 Å². The number of piperazine rings is 1. The largest absolute Gasteiger partial charge is 0.340 e. The van der Waals surface area contributed by atoms with Crippen molar-refractivity contribution in [3.05, 3.63) is 57.3 Å². The maximum Gasteiger partial charge on any atom is 0.223 e. The molecule has 0 aliphatic carbocycles. The highest BCUT2D eigenvalue weighted by molar-refractivity contribution is 7.91. The summed E-state index contributed by atoms with van der Waals surface area (Å²) in [6.45, 7) is 9.41. The van der Waals surface area contributed by atoms with Gasteiger partial charge in [-0.3, -0.25) is 14.7 Å². The molecule has 11 heteroatoms. The van der Waals surface area contributed by atoms with Gasteiger partial charge in [-0.15, -0.1) is 23.7 Å². The Balaban J connectivity index is 0.00000361. The summed E-state index contributed by atoms with van der Waals surface area (Å²) in [6, 6.07) is 10.3. The summed E-state index contributed by atoms with van der Waals surface area (Å²) in [5, 5.41) is 4.47. The lowest BCUT2D eigenvalue weighted by molar-refractivity contribution is -0.132. The van der Waals surface area contributed by atoms with E-state index in [1.165, 1.54) is 5.69 Å². The Morgan fingerprint density at radius 3 is 2.44 bits per heavy atom. The first-order valence-corrected chi connectivity index (χ1v) is 14.8. The fourth-order valence-electron chi connectivity index (χ4n) is 4.36. The van der Waals surface area contributed by atoms with Crippen molar-refractivity contribution in [3.8, 4) is 0 Å². The maximum atomic E-state index is 12.9. The van der Waals surface area contributed by atoms with E-state index in [0.717, 1.165) is 48.3 Å². The minimum absolute atomic E-state index is 0. The molecular formula is C25H32Cl2N4O3S2. The number of carbonyl (C=O) groups is 1. The van der Waals surface area contributed by atoms with Gasteiger partial charge >= 0.3 is 0 Å². The van der Waals surface area contributed by atoms with Crippen LogP contribution in [0.25, 0.3) is 10.8 Å². The number of fused-ring (bicyclic) bond motifs is 1. The summed E-state index contributed by atoms with van der Waals surface area (Å²) >= 11 is 7.68. The number of halogens is 2. The molecule has 1 aliphatic heterocycles. The molecule has 1 aliphatic rings. The van der Waals surface area contributed by atoms with E-state index in [9.17, 15) is 13.2 Å². The highest BCUT2D eigenvalue weighted by Crippen LogP contribution is 2.23. The molecule has 0 saturated carbocycles. The van der Waals surface area contributed by atoms with Crippen LogP contribution in [-0.2, 0) is 27.7 Å². The Morgan fingerprint density at radius 1 is 1.06 bits per heavy atom. The van der Waals surface area contributed by atoms with Gasteiger partial charge in [-0.2, -0.15) is 0 Å². The topological polar surface area (TPSA) is 75.0 Å². The number of thiazole rings is 1. The third kappa shape index (κ3) is 6.69. The Labute approximate surface area is 227 Å². The smallest absolute Gasteiger partial charge is 0.223 e. The predicted octanol–water partition coefficient (Wildman–Crippen LogP) is 4.23. The van der Waals surface area contributed by atoms with Crippen molar-refractivity contribution in [2.24, 2.45) is 4.99 Å². The van der Waals surface area contributed by atoms with Gasteiger partial charge in [0.05, 0.1) is 10.6 Å². The third-order valence-electron chi connectivity index (χ3n) is 6.32. The summed E-state index contributed by atoms with van der Waals surface area (Å²) < 4.78 is 28.0. The van der Waals surface area contributed by atoms with E-state index in [0.29, 0.717) is 18.1 Å². The lowest BCUT2D eigenvalue weighted by Gasteiger charge is -2.34. The number of aromatic nitrogens is 1. The molecule has 0 unspecified atom stereocenters. The van der Waals surface area contributed by atoms with Gasteiger partial charge in [0.15, 0.2) is 14.6 Å². The van der Waals surface area contributed by atoms with Crippen LogP contribution in [0.3, 0.4) is 0 Å². The van der Waals surface area contributed by atoms with Crippen LogP contribution in [0.2, 0.25) is 5.02 Å². The second kappa shape index (κ2) is 12.6. The molecule has 7 nitrogen and oxygen atoms in total. The summed E-state index contributed by atoms with van der Waals surface area (Å²) in [6.07, 6.45) is -0.0107. The van der Waals surface area contributed by atoms with Crippen molar-refractivity contribution >= 4 is 61.9 Å². The van der Waals surface area contributed by atoms with E-state index < -0.39 is 9.84 Å². The number of sulfone groups is 1. The van der Waals surface area contributed by atoms with Crippen LogP contribution in [0.1, 0.15) is 26.0 Å². The number of hydrogen-bond donors (Lipinski definition) is 0. The van der Waals surface area contributed by atoms with E-state index in [1.807, 2.05) is 6.92 Å². The molecule has 2 heterocycles. The molecule has 0 bridgehead atoms. The number of hydrogen-bond acceptors (Lipinski definition) is 6. The van der Waals surface area contributed by atoms with E-state index in [-0.39, 0.29) is 35.4 Å². The summed E-state index contributed by atoms with van der Waals surface area (Å²) in [5.74, 6) is -0.302. The van der Waals surface area contributed by atoms with Crippen LogP contribution in [0.4, 0.5) is 0 Å². The lowest BCUT2D eigenvalue weighted by atomic mass is 10.1. The van der Waals surface area contributed by atoms with Crippen molar-refractivity contribution in [1.82, 2.24) is 14.4 Å². The Morgan fingerprint density at radius 2 is 1.75 bits per heavy atom. The molecule has 2 aromatic carbocycles. The number of nitrogens with zero attached hydrogens (tertiary/aromatic N) is 4. The van der Waals surface area contributed by atoms with E-state index >= 15 is 0 Å². The summed E-state index contributed by atoms with van der Waals surface area (Å²) in [5.41, 5.74) is 1.24. The summed E-state index contributed by atoms with van der Waals surface area (Å²) in [4.78, 5) is 22.8. The number of amides is 1. The van der Waals surface area contributed by atoms with Crippen LogP contribution >= 0.6 is 35.3 Å². The third-order valence-corrected chi connectivity index (χ3v) is 9.21. The molecule has 1 fully saturated rings. The van der Waals surface area contributed by atoms with E-state index in [4.69, 9.17) is 11.6 Å². The fraction of sp³-hybridized carbons (Fsp3) is 0.440. The molecule has 1 amide bonds. The van der Waals surface area contributed by atoms with E-state index in [1.54, 1.807) is 52.6 Å². The van der Waals surface area contributed by atoms with Gasteiger partial charge in [0, 0.05) is 68.3 Å². The molecule has 4 rings (SSSR count). The number of carbonyl (C=O) groups excluding carboxylic acids is 1. The molecule has 0 spiro atoms. The minimum atomic E-state index is -3.56. The fourth-order valence-corrected chi connectivity index (χ4v) is 6.82. The van der Waals surface area contributed by atoms with E-state index in [2.05, 4.69) is 26.8 Å². The van der Waals surface area contributed by atoms with Gasteiger partial charge in [-0.25, -0.2) is 8.42 Å². The average molecular weight is 572 g/mol. The lowest BCUT2D eigenvalue weighted by Crippen LogP contribution is -2.48. The molecule has 0 atom stereocenters. The molecule has 1 saturated heterocycles. The summed E-state index contributed by atoms with van der Waals surface area (Å²) in [7, 11) is -3.56.